The Morgan fingerprint density at radius 2 is 1.37 bits per heavy atom. The predicted octanol–water partition coefficient (Wildman–Crippen LogP) is 5.65. The Morgan fingerprint density at radius 1 is 0.895 bits per heavy atom. The van der Waals surface area contributed by atoms with Crippen molar-refractivity contribution in [3.8, 4) is 0 Å². The lowest BCUT2D eigenvalue weighted by molar-refractivity contribution is -0.137. The van der Waals surface area contributed by atoms with Crippen LogP contribution in [0.2, 0.25) is 0 Å². The van der Waals surface area contributed by atoms with Crippen LogP contribution >= 0.6 is 0 Å². The first kappa shape index (κ1) is 18.5. The third-order valence-electron chi connectivity index (χ3n) is 4.18. The van der Waals surface area contributed by atoms with Crippen LogP contribution in [0.25, 0.3) is 0 Å². The molecule has 19 heavy (non-hydrogen) atoms. The van der Waals surface area contributed by atoms with Gasteiger partial charge in [0, 0.05) is 6.42 Å². The molecule has 114 valence electrons. The number of aliphatic carboxylic acids is 1. The maximum atomic E-state index is 10.3. The van der Waals surface area contributed by atoms with Gasteiger partial charge in [0.15, 0.2) is 0 Å². The molecule has 0 aromatic carbocycles. The summed E-state index contributed by atoms with van der Waals surface area (Å²) in [6, 6.07) is 0. The van der Waals surface area contributed by atoms with Gasteiger partial charge in [-0.25, -0.2) is 0 Å². The Labute approximate surface area is 120 Å². The normalized spacial score (nSPS) is 12.8. The van der Waals surface area contributed by atoms with Crippen molar-refractivity contribution in [2.24, 2.45) is 11.8 Å². The van der Waals surface area contributed by atoms with E-state index in [2.05, 4.69) is 20.8 Å². The van der Waals surface area contributed by atoms with E-state index in [4.69, 9.17) is 5.11 Å². The van der Waals surface area contributed by atoms with Gasteiger partial charge in [0.05, 0.1) is 0 Å². The fraction of sp³-hybridized carbons (Fsp3) is 0.941. The standard InChI is InChI=1S/C17H34O2/c1-4-16(15(2)3)13-11-9-7-5-6-8-10-12-14-17(18)19/h15-16H,4-14H2,1-3H3,(H,18,19). The molecule has 0 rings (SSSR count). The van der Waals surface area contributed by atoms with Crippen LogP contribution in [0.4, 0.5) is 0 Å². The van der Waals surface area contributed by atoms with Gasteiger partial charge in [0.25, 0.3) is 0 Å². The molecule has 2 nitrogen and oxygen atoms in total. The van der Waals surface area contributed by atoms with Gasteiger partial charge in [0.2, 0.25) is 0 Å². The second-order valence-electron chi connectivity index (χ2n) is 6.17. The number of carboxylic acids is 1. The van der Waals surface area contributed by atoms with Crippen LogP contribution in [0.3, 0.4) is 0 Å². The summed E-state index contributed by atoms with van der Waals surface area (Å²) in [6.07, 6.45) is 12.9. The molecule has 0 aromatic heterocycles. The largest absolute Gasteiger partial charge is 0.481 e. The minimum atomic E-state index is -0.657. The SMILES string of the molecule is CCC(CCCCCCCCCCC(=O)O)C(C)C. The summed E-state index contributed by atoms with van der Waals surface area (Å²) < 4.78 is 0. The average Bonchev–Trinajstić information content (AvgIpc) is 2.35. The average molecular weight is 270 g/mol. The summed E-state index contributed by atoms with van der Waals surface area (Å²) in [5.41, 5.74) is 0. The van der Waals surface area contributed by atoms with Gasteiger partial charge in [-0.3, -0.25) is 4.79 Å². The van der Waals surface area contributed by atoms with Crippen molar-refractivity contribution in [1.29, 1.82) is 0 Å². The van der Waals surface area contributed by atoms with Crippen LogP contribution in [-0.2, 0) is 4.79 Å². The number of hydrogen-bond acceptors (Lipinski definition) is 1. The topological polar surface area (TPSA) is 37.3 Å². The highest BCUT2D eigenvalue weighted by Gasteiger charge is 2.09. The summed E-state index contributed by atoms with van der Waals surface area (Å²) in [4.78, 5) is 10.3. The number of carboxylic acid groups (broad SMARTS) is 1. The molecule has 0 fully saturated rings. The fourth-order valence-corrected chi connectivity index (χ4v) is 2.75. The van der Waals surface area contributed by atoms with Gasteiger partial charge in [-0.05, 0) is 18.3 Å². The molecule has 0 spiro atoms. The number of carbonyl (C=O) groups is 1. The maximum Gasteiger partial charge on any atom is 0.303 e. The summed E-state index contributed by atoms with van der Waals surface area (Å²) in [5, 5.41) is 8.52. The van der Waals surface area contributed by atoms with Crippen molar-refractivity contribution >= 4 is 5.97 Å². The van der Waals surface area contributed by atoms with Crippen molar-refractivity contribution in [3.63, 3.8) is 0 Å². The van der Waals surface area contributed by atoms with Crippen LogP contribution in [-0.4, -0.2) is 11.1 Å². The quantitative estimate of drug-likeness (QED) is 0.439. The van der Waals surface area contributed by atoms with E-state index in [1.807, 2.05) is 0 Å². The molecule has 1 N–H and O–H groups in total. The van der Waals surface area contributed by atoms with Crippen molar-refractivity contribution in [2.45, 2.75) is 91.4 Å². The Bertz CT molecular complexity index is 211. The minimum Gasteiger partial charge on any atom is -0.481 e. The summed E-state index contributed by atoms with van der Waals surface area (Å²) >= 11 is 0. The van der Waals surface area contributed by atoms with Crippen molar-refractivity contribution in [3.05, 3.63) is 0 Å². The molecular weight excluding hydrogens is 236 g/mol. The second kappa shape index (κ2) is 12.5. The van der Waals surface area contributed by atoms with Crippen LogP contribution in [0.15, 0.2) is 0 Å². The predicted molar refractivity (Wildman–Crippen MR) is 82.4 cm³/mol. The fourth-order valence-electron chi connectivity index (χ4n) is 2.75. The molecule has 0 heterocycles. The van der Waals surface area contributed by atoms with E-state index < -0.39 is 5.97 Å². The zero-order valence-corrected chi connectivity index (χ0v) is 13.3. The lowest BCUT2D eigenvalue weighted by Gasteiger charge is -2.18. The highest BCUT2D eigenvalue weighted by molar-refractivity contribution is 5.66. The first-order valence-electron chi connectivity index (χ1n) is 8.29. The van der Waals surface area contributed by atoms with E-state index in [9.17, 15) is 4.79 Å². The van der Waals surface area contributed by atoms with Crippen LogP contribution < -0.4 is 0 Å². The Morgan fingerprint density at radius 3 is 1.79 bits per heavy atom. The van der Waals surface area contributed by atoms with E-state index in [-0.39, 0.29) is 0 Å². The number of rotatable bonds is 13. The van der Waals surface area contributed by atoms with Crippen LogP contribution in [0, 0.1) is 11.8 Å². The molecule has 2 heteroatoms. The molecule has 0 aliphatic carbocycles. The van der Waals surface area contributed by atoms with E-state index >= 15 is 0 Å². The van der Waals surface area contributed by atoms with Gasteiger partial charge >= 0.3 is 5.97 Å². The zero-order valence-electron chi connectivity index (χ0n) is 13.3. The Balaban J connectivity index is 3.20. The van der Waals surface area contributed by atoms with E-state index in [0.717, 1.165) is 24.7 Å². The Hall–Kier alpha value is -0.530. The first-order valence-corrected chi connectivity index (χ1v) is 8.29. The number of hydrogen-bond donors (Lipinski definition) is 1. The van der Waals surface area contributed by atoms with E-state index in [1.165, 1.54) is 51.4 Å². The molecule has 0 radical (unpaired) electrons. The van der Waals surface area contributed by atoms with Gasteiger partial charge < -0.3 is 5.11 Å². The molecule has 0 saturated carbocycles. The molecular formula is C17H34O2. The molecule has 0 amide bonds. The maximum absolute atomic E-state index is 10.3. The third kappa shape index (κ3) is 12.3. The molecule has 0 aliphatic heterocycles. The molecule has 0 aliphatic rings. The lowest BCUT2D eigenvalue weighted by atomic mass is 9.88. The lowest BCUT2D eigenvalue weighted by Crippen LogP contribution is -2.06. The minimum absolute atomic E-state index is 0.341. The smallest absolute Gasteiger partial charge is 0.303 e. The van der Waals surface area contributed by atoms with Gasteiger partial charge in [-0.1, -0.05) is 78.6 Å². The summed E-state index contributed by atoms with van der Waals surface area (Å²) in [7, 11) is 0. The first-order chi connectivity index (χ1) is 9.07. The summed E-state index contributed by atoms with van der Waals surface area (Å²) in [5.74, 6) is 1.09. The van der Waals surface area contributed by atoms with Crippen LogP contribution in [0.1, 0.15) is 91.4 Å². The molecule has 1 unspecified atom stereocenters. The van der Waals surface area contributed by atoms with E-state index in [0.29, 0.717) is 6.42 Å². The Kier molecular flexibility index (Phi) is 12.2. The van der Waals surface area contributed by atoms with Gasteiger partial charge in [-0.2, -0.15) is 0 Å². The van der Waals surface area contributed by atoms with E-state index in [1.54, 1.807) is 0 Å². The molecule has 1 atom stereocenters. The van der Waals surface area contributed by atoms with Gasteiger partial charge in [-0.15, -0.1) is 0 Å². The van der Waals surface area contributed by atoms with Crippen molar-refractivity contribution in [1.82, 2.24) is 0 Å². The van der Waals surface area contributed by atoms with Crippen LogP contribution in [0.5, 0.6) is 0 Å². The second-order valence-corrected chi connectivity index (χ2v) is 6.17. The molecule has 0 aromatic rings. The van der Waals surface area contributed by atoms with Gasteiger partial charge in [0.1, 0.15) is 0 Å². The third-order valence-corrected chi connectivity index (χ3v) is 4.18. The molecule has 0 bridgehead atoms. The molecule has 0 saturated heterocycles. The monoisotopic (exact) mass is 270 g/mol. The summed E-state index contributed by atoms with van der Waals surface area (Å²) in [6.45, 7) is 6.98. The van der Waals surface area contributed by atoms with Crippen molar-refractivity contribution in [2.75, 3.05) is 0 Å². The zero-order chi connectivity index (χ0) is 14.5. The van der Waals surface area contributed by atoms with Crippen molar-refractivity contribution < 1.29 is 9.90 Å². The highest BCUT2D eigenvalue weighted by Crippen LogP contribution is 2.22. The highest BCUT2D eigenvalue weighted by atomic mass is 16.4. The number of unbranched alkanes of at least 4 members (excludes halogenated alkanes) is 7.